The number of aliphatic hydroxyl groups is 1. The summed E-state index contributed by atoms with van der Waals surface area (Å²) in [4.78, 5) is 45.7. The predicted octanol–water partition coefficient (Wildman–Crippen LogP) is 10.4. The van der Waals surface area contributed by atoms with Crippen LogP contribution < -0.4 is 5.32 Å². The average Bonchev–Trinajstić information content (AvgIpc) is 3.14. The molecule has 0 heterocycles. The van der Waals surface area contributed by atoms with Gasteiger partial charge >= 0.3 is 19.8 Å². The number of carbonyl (C=O) groups is 3. The lowest BCUT2D eigenvalue weighted by Gasteiger charge is -2.18. The minimum absolute atomic E-state index is 0.141. The molecule has 3 unspecified atom stereocenters. The van der Waals surface area contributed by atoms with E-state index in [-0.39, 0.29) is 12.8 Å². The van der Waals surface area contributed by atoms with E-state index in [1.54, 1.807) is 0 Å². The Balaban J connectivity index is 3.87. The van der Waals surface area contributed by atoms with Gasteiger partial charge in [0.2, 0.25) is 5.91 Å². The van der Waals surface area contributed by atoms with Crippen molar-refractivity contribution in [3.8, 4) is 0 Å². The summed E-state index contributed by atoms with van der Waals surface area (Å²) in [6.45, 7) is 2.50. The molecule has 0 aliphatic heterocycles. The molecule has 1 amide bonds. The first-order valence-electron chi connectivity index (χ1n) is 21.0. The molecule has 3 atom stereocenters. The van der Waals surface area contributed by atoms with E-state index in [2.05, 4.69) is 55.6 Å². The number of hydrogen-bond acceptors (Lipinski definition) is 8. The van der Waals surface area contributed by atoms with Gasteiger partial charge in [0.15, 0.2) is 6.04 Å². The van der Waals surface area contributed by atoms with Crippen molar-refractivity contribution >= 4 is 25.7 Å². The molecule has 4 N–H and O–H groups in total. The molecule has 0 radical (unpaired) electrons. The van der Waals surface area contributed by atoms with Crippen LogP contribution >= 0.6 is 7.82 Å². The number of amides is 1. The number of aliphatic hydroxyl groups excluding tert-OH is 1. The first kappa shape index (κ1) is 51.7. The Hall–Kier alpha value is -2.30. The quantitative estimate of drug-likeness (QED) is 0.0204. The van der Waals surface area contributed by atoms with Crippen LogP contribution in [0.5, 0.6) is 0 Å². The number of ether oxygens (including phenoxy) is 1. The number of phosphoric acid groups is 1. The van der Waals surface area contributed by atoms with Crippen molar-refractivity contribution in [2.75, 3.05) is 19.8 Å². The zero-order chi connectivity index (χ0) is 40.0. The fraction of sp³-hybridized carbons (Fsp3) is 0.786. The molecular weight excluding hydrogens is 709 g/mol. The van der Waals surface area contributed by atoms with Gasteiger partial charge < -0.3 is 25.2 Å². The molecule has 0 aromatic carbocycles. The number of rotatable bonds is 39. The normalized spacial score (nSPS) is 14.1. The highest BCUT2D eigenvalue weighted by Gasteiger charge is 2.28. The van der Waals surface area contributed by atoms with Crippen LogP contribution in [0.4, 0.5) is 0 Å². The van der Waals surface area contributed by atoms with Crippen molar-refractivity contribution in [3.63, 3.8) is 0 Å². The van der Waals surface area contributed by atoms with E-state index in [4.69, 9.17) is 13.8 Å². The van der Waals surface area contributed by atoms with Gasteiger partial charge in [-0.1, -0.05) is 153 Å². The van der Waals surface area contributed by atoms with E-state index >= 15 is 0 Å². The average molecular weight is 786 g/mol. The van der Waals surface area contributed by atoms with Gasteiger partial charge in [-0.3, -0.25) is 18.6 Å². The Labute approximate surface area is 327 Å². The summed E-state index contributed by atoms with van der Waals surface area (Å²) in [5.74, 6) is -2.38. The molecule has 314 valence electrons. The smallest absolute Gasteiger partial charge is 0.472 e. The summed E-state index contributed by atoms with van der Waals surface area (Å²) < 4.78 is 26.7. The largest absolute Gasteiger partial charge is 0.480 e. The topological polar surface area (TPSA) is 169 Å². The molecule has 0 aromatic rings. The maximum Gasteiger partial charge on any atom is 0.472 e. The molecular formula is C42H76NO10P. The first-order valence-corrected chi connectivity index (χ1v) is 22.5. The molecule has 0 rings (SSSR count). The van der Waals surface area contributed by atoms with Crippen molar-refractivity contribution < 1.29 is 47.8 Å². The van der Waals surface area contributed by atoms with E-state index in [0.717, 1.165) is 64.2 Å². The summed E-state index contributed by atoms with van der Waals surface area (Å²) in [5.41, 5.74) is 0. The number of carboxylic acid groups (broad SMARTS) is 1. The Kier molecular flexibility index (Phi) is 36.0. The number of allylic oxidation sites excluding steroid dienone is 6. The lowest BCUT2D eigenvalue weighted by molar-refractivity contribution is -0.147. The van der Waals surface area contributed by atoms with Gasteiger partial charge in [-0.25, -0.2) is 9.36 Å². The second kappa shape index (κ2) is 37.6. The van der Waals surface area contributed by atoms with Crippen molar-refractivity contribution in [2.45, 2.75) is 193 Å². The molecule has 0 fully saturated rings. The molecule has 0 aromatic heterocycles. The summed E-state index contributed by atoms with van der Waals surface area (Å²) in [7, 11) is -4.75. The second-order valence-corrected chi connectivity index (χ2v) is 15.6. The molecule has 0 saturated carbocycles. The summed E-state index contributed by atoms with van der Waals surface area (Å²) in [6, 6.07) is -1.55. The Morgan fingerprint density at radius 2 is 1.02 bits per heavy atom. The fourth-order valence-corrected chi connectivity index (χ4v) is 6.39. The Morgan fingerprint density at radius 3 is 1.56 bits per heavy atom. The number of nitrogens with one attached hydrogen (secondary N) is 1. The third-order valence-corrected chi connectivity index (χ3v) is 9.88. The predicted molar refractivity (Wildman–Crippen MR) is 217 cm³/mol. The minimum Gasteiger partial charge on any atom is -0.480 e. The molecule has 0 aliphatic rings. The van der Waals surface area contributed by atoms with Gasteiger partial charge in [0.05, 0.1) is 13.2 Å². The van der Waals surface area contributed by atoms with Gasteiger partial charge in [0.1, 0.15) is 12.7 Å². The highest BCUT2D eigenvalue weighted by atomic mass is 31.2. The van der Waals surface area contributed by atoms with Gasteiger partial charge in [0.25, 0.3) is 0 Å². The maximum absolute atomic E-state index is 12.3. The molecule has 54 heavy (non-hydrogen) atoms. The third kappa shape index (κ3) is 36.7. The van der Waals surface area contributed by atoms with Gasteiger partial charge in [-0.2, -0.15) is 0 Å². The van der Waals surface area contributed by atoms with Gasteiger partial charge in [-0.05, 0) is 51.4 Å². The van der Waals surface area contributed by atoms with Crippen LogP contribution in [0.2, 0.25) is 0 Å². The third-order valence-electron chi connectivity index (χ3n) is 8.93. The molecule has 0 saturated heterocycles. The summed E-state index contributed by atoms with van der Waals surface area (Å²) in [6.07, 6.45) is 39.1. The number of hydrogen-bond donors (Lipinski definition) is 4. The van der Waals surface area contributed by atoms with Crippen LogP contribution in [0.15, 0.2) is 36.5 Å². The first-order chi connectivity index (χ1) is 26.1. The van der Waals surface area contributed by atoms with Crippen LogP contribution in [-0.2, 0) is 32.7 Å². The lowest BCUT2D eigenvalue weighted by atomic mass is 10.0. The van der Waals surface area contributed by atoms with Gasteiger partial charge in [-0.15, -0.1) is 0 Å². The minimum atomic E-state index is -4.75. The molecule has 0 spiro atoms. The highest BCUT2D eigenvalue weighted by molar-refractivity contribution is 7.47. The number of carbonyl (C=O) groups excluding carboxylic acids is 2. The van der Waals surface area contributed by atoms with Crippen molar-refractivity contribution in [2.24, 2.45) is 0 Å². The van der Waals surface area contributed by atoms with E-state index in [1.165, 1.54) is 77.0 Å². The van der Waals surface area contributed by atoms with Crippen LogP contribution in [0.25, 0.3) is 0 Å². The van der Waals surface area contributed by atoms with E-state index < -0.39 is 57.6 Å². The standard InChI is InChI=1S/C42H76NO10P/c1-3-5-7-9-11-12-13-14-15-16-17-18-19-20-21-22-23-24-25-26-28-29-31-33-40(45)43-39(42(47)48)37-53-54(49,50)52-36-38(44)35-51-41(46)34-32-30-27-10-8-6-4-2/h11-12,14-15,17-18,38-39,44H,3-10,13,16,19-37H2,1-2H3,(H,43,45)(H,47,48)(H,49,50)/b12-11-,15-14-,18-17-. The highest BCUT2D eigenvalue weighted by Crippen LogP contribution is 2.43. The second-order valence-electron chi connectivity index (χ2n) is 14.2. The van der Waals surface area contributed by atoms with Crippen LogP contribution in [0, 0.1) is 0 Å². The lowest BCUT2D eigenvalue weighted by Crippen LogP contribution is -2.43. The van der Waals surface area contributed by atoms with Crippen LogP contribution in [-0.4, -0.2) is 64.9 Å². The van der Waals surface area contributed by atoms with Gasteiger partial charge in [0, 0.05) is 12.8 Å². The van der Waals surface area contributed by atoms with Crippen LogP contribution in [0.3, 0.4) is 0 Å². The molecule has 11 nitrogen and oxygen atoms in total. The summed E-state index contributed by atoms with van der Waals surface area (Å²) in [5, 5.41) is 21.7. The zero-order valence-corrected chi connectivity index (χ0v) is 34.7. The maximum atomic E-state index is 12.3. The Morgan fingerprint density at radius 1 is 0.593 bits per heavy atom. The SMILES string of the molecule is CCCCC/C=C\C/C=C\C/C=C\CCCCCCCCCCCCC(=O)NC(COP(=O)(O)OCC(O)COC(=O)CCCCCCCCC)C(=O)O. The zero-order valence-electron chi connectivity index (χ0n) is 33.8. The Bertz CT molecular complexity index is 1060. The monoisotopic (exact) mass is 786 g/mol. The van der Waals surface area contributed by atoms with E-state index in [9.17, 15) is 34.1 Å². The van der Waals surface area contributed by atoms with Crippen molar-refractivity contribution in [1.29, 1.82) is 0 Å². The number of phosphoric ester groups is 1. The number of aliphatic carboxylic acids is 1. The molecule has 12 heteroatoms. The number of esters is 1. The van der Waals surface area contributed by atoms with Crippen molar-refractivity contribution in [3.05, 3.63) is 36.5 Å². The number of unbranched alkanes of at least 4 members (excludes halogenated alkanes) is 19. The molecule has 0 bridgehead atoms. The molecule has 0 aliphatic carbocycles. The number of carboxylic acids is 1. The van der Waals surface area contributed by atoms with Crippen molar-refractivity contribution in [1.82, 2.24) is 5.32 Å². The fourth-order valence-electron chi connectivity index (χ4n) is 5.62. The van der Waals surface area contributed by atoms with E-state index in [1.807, 2.05) is 0 Å². The van der Waals surface area contributed by atoms with Crippen LogP contribution in [0.1, 0.15) is 181 Å². The summed E-state index contributed by atoms with van der Waals surface area (Å²) >= 11 is 0. The van der Waals surface area contributed by atoms with E-state index in [0.29, 0.717) is 12.8 Å².